The standard InChI is InChI=1S/C15H15N3OS/c1-2-19-13-3-4-14(17)15(8-13)20-10-11-5-6-18-12(7-11)9-16/h3-8H,2,10,17H2,1H3. The number of benzene rings is 1. The first-order valence-corrected chi connectivity index (χ1v) is 7.21. The third kappa shape index (κ3) is 3.65. The zero-order chi connectivity index (χ0) is 14.4. The van der Waals surface area contributed by atoms with Crippen LogP contribution in [0.2, 0.25) is 0 Å². The van der Waals surface area contributed by atoms with Crippen molar-refractivity contribution in [2.45, 2.75) is 17.6 Å². The maximum Gasteiger partial charge on any atom is 0.140 e. The van der Waals surface area contributed by atoms with Gasteiger partial charge in [-0.15, -0.1) is 11.8 Å². The van der Waals surface area contributed by atoms with Crippen LogP contribution in [0.25, 0.3) is 0 Å². The second kappa shape index (κ2) is 6.83. The number of hydrogen-bond acceptors (Lipinski definition) is 5. The Morgan fingerprint density at radius 3 is 2.95 bits per heavy atom. The molecule has 0 bridgehead atoms. The summed E-state index contributed by atoms with van der Waals surface area (Å²) in [6, 6.07) is 11.4. The second-order valence-electron chi connectivity index (χ2n) is 4.08. The molecule has 4 nitrogen and oxygen atoms in total. The number of ether oxygens (including phenoxy) is 1. The molecular formula is C15H15N3OS. The Morgan fingerprint density at radius 1 is 1.35 bits per heavy atom. The number of hydrogen-bond donors (Lipinski definition) is 1. The van der Waals surface area contributed by atoms with Gasteiger partial charge in [0.15, 0.2) is 0 Å². The van der Waals surface area contributed by atoms with E-state index in [0.29, 0.717) is 12.3 Å². The quantitative estimate of drug-likeness (QED) is 0.674. The summed E-state index contributed by atoms with van der Waals surface area (Å²) in [5.74, 6) is 1.55. The molecule has 0 radical (unpaired) electrons. The maximum atomic E-state index is 8.83. The lowest BCUT2D eigenvalue weighted by Gasteiger charge is -2.09. The Labute approximate surface area is 122 Å². The molecule has 0 aliphatic rings. The van der Waals surface area contributed by atoms with Gasteiger partial charge in [0.1, 0.15) is 17.5 Å². The molecule has 2 rings (SSSR count). The van der Waals surface area contributed by atoms with Crippen molar-refractivity contribution in [3.05, 3.63) is 47.8 Å². The minimum atomic E-state index is 0.430. The Kier molecular flexibility index (Phi) is 4.85. The molecule has 102 valence electrons. The molecule has 0 aliphatic carbocycles. The first kappa shape index (κ1) is 14.2. The molecule has 0 atom stereocenters. The van der Waals surface area contributed by atoms with Crippen LogP contribution in [-0.4, -0.2) is 11.6 Å². The summed E-state index contributed by atoms with van der Waals surface area (Å²) in [4.78, 5) is 4.93. The van der Waals surface area contributed by atoms with Gasteiger partial charge in [-0.1, -0.05) is 0 Å². The van der Waals surface area contributed by atoms with Gasteiger partial charge in [-0.3, -0.25) is 0 Å². The summed E-state index contributed by atoms with van der Waals surface area (Å²) in [6.07, 6.45) is 1.65. The maximum absolute atomic E-state index is 8.83. The smallest absolute Gasteiger partial charge is 0.140 e. The van der Waals surface area contributed by atoms with Crippen molar-refractivity contribution in [1.82, 2.24) is 4.98 Å². The van der Waals surface area contributed by atoms with Crippen LogP contribution in [0.1, 0.15) is 18.2 Å². The lowest BCUT2D eigenvalue weighted by Crippen LogP contribution is -1.94. The Bertz CT molecular complexity index is 637. The molecule has 0 fully saturated rings. The van der Waals surface area contributed by atoms with Crippen LogP contribution in [0.5, 0.6) is 5.75 Å². The van der Waals surface area contributed by atoms with Gasteiger partial charge in [0, 0.05) is 22.5 Å². The van der Waals surface area contributed by atoms with E-state index in [9.17, 15) is 0 Å². The SMILES string of the molecule is CCOc1ccc(N)c(SCc2ccnc(C#N)c2)c1. The van der Waals surface area contributed by atoms with Crippen molar-refractivity contribution in [2.24, 2.45) is 0 Å². The lowest BCUT2D eigenvalue weighted by molar-refractivity contribution is 0.339. The van der Waals surface area contributed by atoms with Gasteiger partial charge in [0.05, 0.1) is 6.61 Å². The van der Waals surface area contributed by atoms with Crippen LogP contribution in [0.3, 0.4) is 0 Å². The number of nitrogens with two attached hydrogens (primary N) is 1. The Morgan fingerprint density at radius 2 is 2.20 bits per heavy atom. The average molecular weight is 285 g/mol. The van der Waals surface area contributed by atoms with E-state index >= 15 is 0 Å². The van der Waals surface area contributed by atoms with Gasteiger partial charge in [-0.25, -0.2) is 4.98 Å². The number of aromatic nitrogens is 1. The molecule has 2 N–H and O–H groups in total. The van der Waals surface area contributed by atoms with Gasteiger partial charge in [-0.05, 0) is 42.8 Å². The first-order chi connectivity index (χ1) is 9.72. The van der Waals surface area contributed by atoms with Gasteiger partial charge < -0.3 is 10.5 Å². The third-order valence-corrected chi connectivity index (χ3v) is 3.77. The van der Waals surface area contributed by atoms with Crippen LogP contribution in [-0.2, 0) is 5.75 Å². The zero-order valence-electron chi connectivity index (χ0n) is 11.2. The molecule has 0 saturated heterocycles. The average Bonchev–Trinajstić information content (AvgIpc) is 2.48. The van der Waals surface area contributed by atoms with Gasteiger partial charge in [0.25, 0.3) is 0 Å². The van der Waals surface area contributed by atoms with Crippen LogP contribution in [0.15, 0.2) is 41.4 Å². The molecule has 0 saturated carbocycles. The van der Waals surface area contributed by atoms with Crippen molar-refractivity contribution in [1.29, 1.82) is 5.26 Å². The summed E-state index contributed by atoms with van der Waals surface area (Å²) in [5, 5.41) is 8.83. The number of rotatable bonds is 5. The van der Waals surface area contributed by atoms with E-state index in [0.717, 1.165) is 27.6 Å². The molecule has 0 aliphatic heterocycles. The number of anilines is 1. The van der Waals surface area contributed by atoms with Crippen molar-refractivity contribution < 1.29 is 4.74 Å². The van der Waals surface area contributed by atoms with Crippen LogP contribution < -0.4 is 10.5 Å². The van der Waals surface area contributed by atoms with E-state index in [4.69, 9.17) is 15.7 Å². The summed E-state index contributed by atoms with van der Waals surface area (Å²) < 4.78 is 5.47. The summed E-state index contributed by atoms with van der Waals surface area (Å²) in [6.45, 7) is 2.58. The number of pyridine rings is 1. The number of nitrogen functional groups attached to an aromatic ring is 1. The predicted molar refractivity (Wildman–Crippen MR) is 80.5 cm³/mol. The molecule has 0 amide bonds. The highest BCUT2D eigenvalue weighted by Crippen LogP contribution is 2.31. The largest absolute Gasteiger partial charge is 0.494 e. The van der Waals surface area contributed by atoms with Crippen LogP contribution >= 0.6 is 11.8 Å². The van der Waals surface area contributed by atoms with E-state index in [-0.39, 0.29) is 0 Å². The fourth-order valence-corrected chi connectivity index (χ4v) is 2.62. The highest BCUT2D eigenvalue weighted by atomic mass is 32.2. The summed E-state index contributed by atoms with van der Waals surface area (Å²) >= 11 is 1.62. The minimum absolute atomic E-state index is 0.430. The van der Waals surface area contributed by atoms with Crippen molar-refractivity contribution in [3.63, 3.8) is 0 Å². The van der Waals surface area contributed by atoms with E-state index in [2.05, 4.69) is 4.98 Å². The third-order valence-electron chi connectivity index (χ3n) is 2.63. The predicted octanol–water partition coefficient (Wildman–Crippen LogP) is 3.23. The molecule has 5 heteroatoms. The summed E-state index contributed by atoms with van der Waals surface area (Å²) in [7, 11) is 0. The molecule has 20 heavy (non-hydrogen) atoms. The Hall–Kier alpha value is -2.19. The first-order valence-electron chi connectivity index (χ1n) is 6.23. The van der Waals surface area contributed by atoms with Crippen molar-refractivity contribution in [3.8, 4) is 11.8 Å². The topological polar surface area (TPSA) is 71.9 Å². The minimum Gasteiger partial charge on any atom is -0.494 e. The second-order valence-corrected chi connectivity index (χ2v) is 5.10. The van der Waals surface area contributed by atoms with Crippen LogP contribution in [0, 0.1) is 11.3 Å². The van der Waals surface area contributed by atoms with E-state index in [1.165, 1.54) is 0 Å². The summed E-state index contributed by atoms with van der Waals surface area (Å²) in [5.41, 5.74) is 8.17. The normalized spacial score (nSPS) is 10.0. The zero-order valence-corrected chi connectivity index (χ0v) is 12.0. The van der Waals surface area contributed by atoms with Crippen molar-refractivity contribution >= 4 is 17.4 Å². The van der Waals surface area contributed by atoms with Gasteiger partial charge in [0.2, 0.25) is 0 Å². The highest BCUT2D eigenvalue weighted by molar-refractivity contribution is 7.98. The van der Waals surface area contributed by atoms with Crippen LogP contribution in [0.4, 0.5) is 5.69 Å². The molecular weight excluding hydrogens is 270 g/mol. The molecule has 1 heterocycles. The molecule has 2 aromatic rings. The molecule has 0 unspecified atom stereocenters. The van der Waals surface area contributed by atoms with Crippen molar-refractivity contribution in [2.75, 3.05) is 12.3 Å². The van der Waals surface area contributed by atoms with Gasteiger partial charge in [-0.2, -0.15) is 5.26 Å². The molecule has 0 spiro atoms. The van der Waals surface area contributed by atoms with E-state index in [1.807, 2.05) is 37.3 Å². The number of nitrogens with zero attached hydrogens (tertiary/aromatic N) is 2. The number of nitriles is 1. The fourth-order valence-electron chi connectivity index (χ4n) is 1.68. The molecule has 1 aromatic heterocycles. The fraction of sp³-hybridized carbons (Fsp3) is 0.200. The van der Waals surface area contributed by atoms with E-state index in [1.54, 1.807) is 24.0 Å². The van der Waals surface area contributed by atoms with Gasteiger partial charge >= 0.3 is 0 Å². The number of thioether (sulfide) groups is 1. The monoisotopic (exact) mass is 285 g/mol. The Balaban J connectivity index is 2.10. The highest BCUT2D eigenvalue weighted by Gasteiger charge is 2.04. The molecule has 1 aromatic carbocycles. The lowest BCUT2D eigenvalue weighted by atomic mass is 10.2. The van der Waals surface area contributed by atoms with E-state index < -0.39 is 0 Å².